The van der Waals surface area contributed by atoms with Crippen molar-refractivity contribution in [3.8, 4) is 11.3 Å². The van der Waals surface area contributed by atoms with Gasteiger partial charge in [0.2, 0.25) is 0 Å². The van der Waals surface area contributed by atoms with Crippen LogP contribution < -0.4 is 0 Å². The smallest absolute Gasteiger partial charge is 0.159 e. The van der Waals surface area contributed by atoms with Crippen molar-refractivity contribution < 1.29 is 13.6 Å². The van der Waals surface area contributed by atoms with Gasteiger partial charge in [-0.05, 0) is 24.1 Å². The Morgan fingerprint density at radius 2 is 2.05 bits per heavy atom. The van der Waals surface area contributed by atoms with Gasteiger partial charge < -0.3 is 0 Å². The summed E-state index contributed by atoms with van der Waals surface area (Å²) < 4.78 is 27.8. The van der Waals surface area contributed by atoms with Crippen LogP contribution >= 0.6 is 0 Å². The van der Waals surface area contributed by atoms with Gasteiger partial charge in [0.1, 0.15) is 5.69 Å². The number of hydrogen-bond acceptors (Lipinski definition) is 2. The van der Waals surface area contributed by atoms with Crippen molar-refractivity contribution in [2.24, 2.45) is 5.92 Å². The monoisotopic (exact) mass is 264 g/mol. The van der Waals surface area contributed by atoms with Gasteiger partial charge in [-0.25, -0.2) is 8.78 Å². The lowest BCUT2D eigenvalue weighted by Crippen LogP contribution is -2.04. The van der Waals surface area contributed by atoms with E-state index in [4.69, 9.17) is 0 Å². The van der Waals surface area contributed by atoms with Crippen LogP contribution in [-0.2, 0) is 6.54 Å². The van der Waals surface area contributed by atoms with Gasteiger partial charge in [0, 0.05) is 18.3 Å². The molecule has 1 aromatic carbocycles. The Kier molecular flexibility index (Phi) is 3.74. The maximum Gasteiger partial charge on any atom is 0.159 e. The molecule has 1 aromatic heterocycles. The van der Waals surface area contributed by atoms with E-state index in [-0.39, 0.29) is 0 Å². The molecule has 0 radical (unpaired) electrons. The molecule has 0 N–H and O–H groups in total. The fraction of sp³-hybridized carbons (Fsp3) is 0.286. The molecule has 0 spiro atoms. The molecule has 2 aromatic rings. The molecule has 0 amide bonds. The first-order valence-electron chi connectivity index (χ1n) is 5.99. The zero-order chi connectivity index (χ0) is 14.0. The van der Waals surface area contributed by atoms with Crippen LogP contribution in [0.1, 0.15) is 24.2 Å². The molecule has 5 heteroatoms. The third-order valence-electron chi connectivity index (χ3n) is 2.66. The first-order valence-corrected chi connectivity index (χ1v) is 5.99. The molecule has 3 nitrogen and oxygen atoms in total. The second-order valence-corrected chi connectivity index (χ2v) is 4.80. The average Bonchev–Trinajstić information content (AvgIpc) is 2.74. The molecule has 0 aliphatic heterocycles. The minimum absolute atomic E-state index is 0.367. The Morgan fingerprint density at radius 1 is 1.32 bits per heavy atom. The van der Waals surface area contributed by atoms with Crippen LogP contribution in [0.15, 0.2) is 24.4 Å². The summed E-state index contributed by atoms with van der Waals surface area (Å²) in [6.45, 7) is 4.71. The molecule has 2 rings (SSSR count). The number of aromatic nitrogens is 2. The average molecular weight is 264 g/mol. The van der Waals surface area contributed by atoms with Crippen LogP contribution in [0.4, 0.5) is 8.78 Å². The van der Waals surface area contributed by atoms with E-state index in [9.17, 15) is 13.6 Å². The highest BCUT2D eigenvalue weighted by atomic mass is 19.2. The molecule has 0 saturated heterocycles. The summed E-state index contributed by atoms with van der Waals surface area (Å²) in [6.07, 6.45) is 2.28. The molecule has 0 saturated carbocycles. The molecule has 0 aliphatic rings. The predicted molar refractivity (Wildman–Crippen MR) is 67.8 cm³/mol. The summed E-state index contributed by atoms with van der Waals surface area (Å²) in [5, 5.41) is 4.26. The van der Waals surface area contributed by atoms with Gasteiger partial charge in [0.15, 0.2) is 17.9 Å². The van der Waals surface area contributed by atoms with Crippen molar-refractivity contribution in [3.05, 3.63) is 41.6 Å². The second kappa shape index (κ2) is 5.30. The van der Waals surface area contributed by atoms with Crippen LogP contribution in [0.3, 0.4) is 0 Å². The Labute approximate surface area is 109 Å². The standard InChI is InChI=1S/C14H14F2N2O/c1-9(2)6-18-7-11(8-19)14(17-18)10-3-4-12(15)13(16)5-10/h3-5,7-9H,6H2,1-2H3. The number of aldehydes is 1. The fourth-order valence-corrected chi connectivity index (χ4v) is 1.86. The van der Waals surface area contributed by atoms with Crippen LogP contribution in [0, 0.1) is 17.6 Å². The van der Waals surface area contributed by atoms with E-state index in [0.29, 0.717) is 35.6 Å². The van der Waals surface area contributed by atoms with E-state index in [1.807, 2.05) is 13.8 Å². The highest BCUT2D eigenvalue weighted by Gasteiger charge is 2.13. The van der Waals surface area contributed by atoms with Gasteiger partial charge in [0.05, 0.1) is 5.56 Å². The van der Waals surface area contributed by atoms with Crippen molar-refractivity contribution in [1.29, 1.82) is 0 Å². The number of benzene rings is 1. The molecule has 0 atom stereocenters. The number of hydrogen-bond donors (Lipinski definition) is 0. The van der Waals surface area contributed by atoms with Gasteiger partial charge >= 0.3 is 0 Å². The summed E-state index contributed by atoms with van der Waals surface area (Å²) >= 11 is 0. The Balaban J connectivity index is 2.45. The molecule has 0 bridgehead atoms. The summed E-state index contributed by atoms with van der Waals surface area (Å²) in [4.78, 5) is 11.0. The first-order chi connectivity index (χ1) is 9.01. The van der Waals surface area contributed by atoms with Crippen molar-refractivity contribution in [3.63, 3.8) is 0 Å². The maximum absolute atomic E-state index is 13.2. The van der Waals surface area contributed by atoms with E-state index in [0.717, 1.165) is 12.1 Å². The van der Waals surface area contributed by atoms with Crippen molar-refractivity contribution in [2.45, 2.75) is 20.4 Å². The maximum atomic E-state index is 13.2. The highest BCUT2D eigenvalue weighted by molar-refractivity contribution is 5.85. The summed E-state index contributed by atoms with van der Waals surface area (Å²) in [6, 6.07) is 3.48. The normalized spacial score (nSPS) is 11.0. The van der Waals surface area contributed by atoms with E-state index in [1.165, 1.54) is 6.07 Å². The Morgan fingerprint density at radius 3 is 2.63 bits per heavy atom. The molecule has 19 heavy (non-hydrogen) atoms. The van der Waals surface area contributed by atoms with Gasteiger partial charge in [-0.15, -0.1) is 0 Å². The van der Waals surface area contributed by atoms with E-state index in [2.05, 4.69) is 5.10 Å². The van der Waals surface area contributed by atoms with Crippen LogP contribution in [0.2, 0.25) is 0 Å². The van der Waals surface area contributed by atoms with Gasteiger partial charge in [-0.1, -0.05) is 13.8 Å². The topological polar surface area (TPSA) is 34.9 Å². The van der Waals surface area contributed by atoms with Crippen molar-refractivity contribution in [1.82, 2.24) is 9.78 Å². The summed E-state index contributed by atoms with van der Waals surface area (Å²) in [7, 11) is 0. The molecular weight excluding hydrogens is 250 g/mol. The van der Waals surface area contributed by atoms with Gasteiger partial charge in [0.25, 0.3) is 0 Å². The van der Waals surface area contributed by atoms with Crippen LogP contribution in [0.25, 0.3) is 11.3 Å². The van der Waals surface area contributed by atoms with E-state index >= 15 is 0 Å². The predicted octanol–water partition coefficient (Wildman–Crippen LogP) is 3.30. The summed E-state index contributed by atoms with van der Waals surface area (Å²) in [5.74, 6) is -1.50. The molecular formula is C14H14F2N2O. The third-order valence-corrected chi connectivity index (χ3v) is 2.66. The number of rotatable bonds is 4. The first kappa shape index (κ1) is 13.4. The minimum Gasteiger partial charge on any atom is -0.298 e. The van der Waals surface area contributed by atoms with E-state index < -0.39 is 11.6 Å². The van der Waals surface area contributed by atoms with Crippen molar-refractivity contribution in [2.75, 3.05) is 0 Å². The quantitative estimate of drug-likeness (QED) is 0.794. The lowest BCUT2D eigenvalue weighted by molar-refractivity contribution is 0.112. The summed E-state index contributed by atoms with van der Waals surface area (Å²) in [5.41, 5.74) is 1.13. The molecule has 0 unspecified atom stereocenters. The van der Waals surface area contributed by atoms with Crippen LogP contribution in [-0.4, -0.2) is 16.1 Å². The zero-order valence-electron chi connectivity index (χ0n) is 10.7. The van der Waals surface area contributed by atoms with Crippen molar-refractivity contribution >= 4 is 6.29 Å². The zero-order valence-corrected chi connectivity index (χ0v) is 10.7. The number of carbonyl (C=O) groups excluding carboxylic acids is 1. The number of halogens is 2. The van der Waals surface area contributed by atoms with E-state index in [1.54, 1.807) is 10.9 Å². The third kappa shape index (κ3) is 2.86. The van der Waals surface area contributed by atoms with Crippen LogP contribution in [0.5, 0.6) is 0 Å². The number of carbonyl (C=O) groups is 1. The Hall–Kier alpha value is -2.04. The SMILES string of the molecule is CC(C)Cn1cc(C=O)c(-c2ccc(F)c(F)c2)n1. The fourth-order valence-electron chi connectivity index (χ4n) is 1.86. The lowest BCUT2D eigenvalue weighted by Gasteiger charge is -2.04. The number of nitrogens with zero attached hydrogens (tertiary/aromatic N) is 2. The molecule has 1 heterocycles. The Bertz CT molecular complexity index is 605. The molecule has 0 aliphatic carbocycles. The van der Waals surface area contributed by atoms with Gasteiger partial charge in [-0.2, -0.15) is 5.10 Å². The highest BCUT2D eigenvalue weighted by Crippen LogP contribution is 2.23. The molecule has 0 fully saturated rings. The lowest BCUT2D eigenvalue weighted by atomic mass is 10.1. The molecule has 100 valence electrons. The second-order valence-electron chi connectivity index (χ2n) is 4.80. The minimum atomic E-state index is -0.951. The van der Waals surface area contributed by atoms with Gasteiger partial charge in [-0.3, -0.25) is 9.48 Å². The largest absolute Gasteiger partial charge is 0.298 e.